The monoisotopic (exact) mass is 361 g/mol. The minimum absolute atomic E-state index is 0.436. The van der Waals surface area contributed by atoms with Crippen LogP contribution >= 0.6 is 0 Å². The molecule has 0 unspecified atom stereocenters. The van der Waals surface area contributed by atoms with Crippen LogP contribution in [0.2, 0.25) is 0 Å². The highest BCUT2D eigenvalue weighted by atomic mass is 16.5. The Kier molecular flexibility index (Phi) is 5.31. The number of H-pyrrole nitrogens is 1. The van der Waals surface area contributed by atoms with Crippen LogP contribution in [-0.2, 0) is 24.4 Å². The molecule has 136 valence electrons. The van der Waals surface area contributed by atoms with Crippen LogP contribution in [0, 0.1) is 0 Å². The third-order valence-electron chi connectivity index (χ3n) is 4.11. The van der Waals surface area contributed by atoms with Crippen molar-refractivity contribution in [3.05, 3.63) is 77.7 Å². The van der Waals surface area contributed by atoms with Gasteiger partial charge in [-0.1, -0.05) is 36.4 Å². The van der Waals surface area contributed by atoms with Crippen LogP contribution in [0.4, 0.5) is 0 Å². The van der Waals surface area contributed by atoms with Crippen molar-refractivity contribution in [1.82, 2.24) is 25.6 Å². The molecule has 0 aliphatic carbocycles. The molecule has 0 fully saturated rings. The van der Waals surface area contributed by atoms with E-state index in [4.69, 9.17) is 9.47 Å². The van der Waals surface area contributed by atoms with Crippen molar-refractivity contribution in [3.63, 3.8) is 0 Å². The molecule has 0 aliphatic rings. The van der Waals surface area contributed by atoms with Gasteiger partial charge in [0.2, 0.25) is 0 Å². The number of pyridine rings is 1. The molecule has 4 rings (SSSR count). The maximum Gasteiger partial charge on any atom is 0.150 e. The van der Waals surface area contributed by atoms with E-state index in [1.54, 1.807) is 0 Å². The van der Waals surface area contributed by atoms with E-state index < -0.39 is 0 Å². The van der Waals surface area contributed by atoms with E-state index in [2.05, 4.69) is 37.7 Å². The first kappa shape index (κ1) is 17.1. The summed E-state index contributed by atoms with van der Waals surface area (Å²) < 4.78 is 11.5. The number of nitrogens with zero attached hydrogens (tertiary/aromatic N) is 4. The lowest BCUT2D eigenvalue weighted by molar-refractivity contribution is 0.122. The zero-order valence-corrected chi connectivity index (χ0v) is 14.7. The summed E-state index contributed by atoms with van der Waals surface area (Å²) >= 11 is 0. The Morgan fingerprint density at radius 1 is 0.889 bits per heavy atom. The van der Waals surface area contributed by atoms with Crippen molar-refractivity contribution >= 4 is 10.9 Å². The van der Waals surface area contributed by atoms with Gasteiger partial charge in [-0.15, -0.1) is 5.10 Å². The lowest BCUT2D eigenvalue weighted by Gasteiger charge is -2.08. The number of hydrogen-bond donors (Lipinski definition) is 1. The van der Waals surface area contributed by atoms with Crippen LogP contribution in [0.5, 0.6) is 5.75 Å². The second kappa shape index (κ2) is 8.37. The standard InChI is InChI=1S/C20H19N5O2/c1-2-4-19-16(3-1)7-8-17(21-19)14-27-18-9-5-15(6-10-18)13-26-12-11-20-22-24-25-23-20/h1-10H,11-14H2,(H,22,23,24,25). The number of nitrogens with one attached hydrogen (secondary N) is 1. The van der Waals surface area contributed by atoms with E-state index in [9.17, 15) is 0 Å². The Bertz CT molecular complexity index is 987. The Morgan fingerprint density at radius 3 is 2.63 bits per heavy atom. The van der Waals surface area contributed by atoms with Gasteiger partial charge in [-0.3, -0.25) is 0 Å². The van der Waals surface area contributed by atoms with Crippen LogP contribution in [0.3, 0.4) is 0 Å². The first-order valence-corrected chi connectivity index (χ1v) is 8.73. The van der Waals surface area contributed by atoms with E-state index in [-0.39, 0.29) is 0 Å². The van der Waals surface area contributed by atoms with Crippen molar-refractivity contribution < 1.29 is 9.47 Å². The molecule has 1 N–H and O–H groups in total. The molecule has 4 aromatic rings. The Balaban J connectivity index is 1.25. The molecule has 0 saturated carbocycles. The summed E-state index contributed by atoms with van der Waals surface area (Å²) in [6.45, 7) is 1.53. The fourth-order valence-corrected chi connectivity index (χ4v) is 2.67. The molecule has 0 aliphatic heterocycles. The Hall–Kier alpha value is -3.32. The van der Waals surface area contributed by atoms with Gasteiger partial charge in [0.1, 0.15) is 12.4 Å². The SMILES string of the molecule is c1ccc2nc(COc3ccc(COCCc4nnn[nH]4)cc3)ccc2c1. The number of tetrazole rings is 1. The number of fused-ring (bicyclic) bond motifs is 1. The molecule has 27 heavy (non-hydrogen) atoms. The number of rotatable bonds is 8. The lowest BCUT2D eigenvalue weighted by Crippen LogP contribution is -2.01. The molecule has 0 spiro atoms. The number of aromatic amines is 1. The predicted octanol–water partition coefficient (Wildman–Crippen LogP) is 3.09. The molecule has 2 aromatic carbocycles. The maximum absolute atomic E-state index is 5.84. The fraction of sp³-hybridized carbons (Fsp3) is 0.200. The van der Waals surface area contributed by atoms with Crippen molar-refractivity contribution in [2.75, 3.05) is 6.61 Å². The van der Waals surface area contributed by atoms with E-state index in [1.807, 2.05) is 48.5 Å². The van der Waals surface area contributed by atoms with Crippen LogP contribution in [-0.4, -0.2) is 32.2 Å². The molecule has 7 heteroatoms. The van der Waals surface area contributed by atoms with Crippen LogP contribution in [0.1, 0.15) is 17.1 Å². The summed E-state index contributed by atoms with van der Waals surface area (Å²) in [4.78, 5) is 4.62. The topological polar surface area (TPSA) is 85.8 Å². The molecule has 0 atom stereocenters. The quantitative estimate of drug-likeness (QED) is 0.485. The summed E-state index contributed by atoms with van der Waals surface area (Å²) in [5.74, 6) is 1.53. The minimum Gasteiger partial charge on any atom is -0.487 e. The molecule has 0 saturated heterocycles. The zero-order chi connectivity index (χ0) is 18.3. The summed E-state index contributed by atoms with van der Waals surface area (Å²) in [6, 6.07) is 20.0. The van der Waals surface area contributed by atoms with Gasteiger partial charge in [-0.05, 0) is 40.3 Å². The first-order chi connectivity index (χ1) is 13.4. The minimum atomic E-state index is 0.436. The van der Waals surface area contributed by atoms with Crippen molar-refractivity contribution in [3.8, 4) is 5.75 Å². The molecule has 2 aromatic heterocycles. The van der Waals surface area contributed by atoms with Crippen LogP contribution < -0.4 is 4.74 Å². The summed E-state index contributed by atoms with van der Waals surface area (Å²) in [7, 11) is 0. The second-order valence-corrected chi connectivity index (χ2v) is 6.08. The van der Waals surface area contributed by atoms with E-state index in [0.717, 1.165) is 33.7 Å². The molecule has 0 radical (unpaired) electrons. The second-order valence-electron chi connectivity index (χ2n) is 6.08. The molecular weight excluding hydrogens is 342 g/mol. The smallest absolute Gasteiger partial charge is 0.150 e. The zero-order valence-electron chi connectivity index (χ0n) is 14.7. The lowest BCUT2D eigenvalue weighted by atomic mass is 10.2. The van der Waals surface area contributed by atoms with Gasteiger partial charge < -0.3 is 9.47 Å². The fourth-order valence-electron chi connectivity index (χ4n) is 2.67. The van der Waals surface area contributed by atoms with Gasteiger partial charge in [-0.2, -0.15) is 0 Å². The Morgan fingerprint density at radius 2 is 1.78 bits per heavy atom. The van der Waals surface area contributed by atoms with Gasteiger partial charge in [0.05, 0.1) is 24.4 Å². The maximum atomic E-state index is 5.84. The number of aromatic nitrogens is 5. The van der Waals surface area contributed by atoms with Gasteiger partial charge in [-0.25, -0.2) is 10.1 Å². The van der Waals surface area contributed by atoms with Crippen molar-refractivity contribution in [2.24, 2.45) is 0 Å². The molecule has 0 amide bonds. The third kappa shape index (κ3) is 4.65. The third-order valence-corrected chi connectivity index (χ3v) is 4.11. The van der Waals surface area contributed by atoms with Gasteiger partial charge in [0.15, 0.2) is 5.82 Å². The molecule has 0 bridgehead atoms. The molecule has 2 heterocycles. The van der Waals surface area contributed by atoms with Crippen LogP contribution in [0.25, 0.3) is 10.9 Å². The van der Waals surface area contributed by atoms with Gasteiger partial charge >= 0.3 is 0 Å². The largest absolute Gasteiger partial charge is 0.487 e. The predicted molar refractivity (Wildman–Crippen MR) is 100 cm³/mol. The van der Waals surface area contributed by atoms with Crippen molar-refractivity contribution in [2.45, 2.75) is 19.6 Å². The number of ether oxygens (including phenoxy) is 2. The van der Waals surface area contributed by atoms with E-state index >= 15 is 0 Å². The number of hydrogen-bond acceptors (Lipinski definition) is 6. The van der Waals surface area contributed by atoms with Gasteiger partial charge in [0.25, 0.3) is 0 Å². The van der Waals surface area contributed by atoms with Gasteiger partial charge in [0, 0.05) is 11.8 Å². The van der Waals surface area contributed by atoms with E-state index in [1.165, 1.54) is 0 Å². The summed E-state index contributed by atoms with van der Waals surface area (Å²) in [6.07, 6.45) is 0.660. The highest BCUT2D eigenvalue weighted by molar-refractivity contribution is 5.78. The average molecular weight is 361 g/mol. The summed E-state index contributed by atoms with van der Waals surface area (Å²) in [5, 5.41) is 14.7. The normalized spacial score (nSPS) is 11.0. The first-order valence-electron chi connectivity index (χ1n) is 8.73. The van der Waals surface area contributed by atoms with Crippen molar-refractivity contribution in [1.29, 1.82) is 0 Å². The van der Waals surface area contributed by atoms with Crippen LogP contribution in [0.15, 0.2) is 60.7 Å². The van der Waals surface area contributed by atoms with E-state index in [0.29, 0.717) is 26.2 Å². The average Bonchev–Trinajstić information content (AvgIpc) is 3.24. The molecular formula is C20H19N5O2. The number of para-hydroxylation sites is 1. The highest BCUT2D eigenvalue weighted by Crippen LogP contribution is 2.16. The Labute approximate surface area is 156 Å². The number of benzene rings is 2. The summed E-state index contributed by atoms with van der Waals surface area (Å²) in [5.41, 5.74) is 2.97. The highest BCUT2D eigenvalue weighted by Gasteiger charge is 2.01. The molecule has 7 nitrogen and oxygen atoms in total.